The summed E-state index contributed by atoms with van der Waals surface area (Å²) in [5.41, 5.74) is 0.892. The maximum absolute atomic E-state index is 12.4. The van der Waals surface area contributed by atoms with Crippen LogP contribution in [0.4, 0.5) is 16.4 Å². The number of amides is 2. The van der Waals surface area contributed by atoms with E-state index in [2.05, 4.69) is 10.6 Å². The molecule has 0 saturated carbocycles. The van der Waals surface area contributed by atoms with Crippen LogP contribution in [0.3, 0.4) is 0 Å². The number of nitro benzene ring substituents is 1. The van der Waals surface area contributed by atoms with Gasteiger partial charge in [0, 0.05) is 17.3 Å². The van der Waals surface area contributed by atoms with Crippen molar-refractivity contribution >= 4 is 39.5 Å². The summed E-state index contributed by atoms with van der Waals surface area (Å²) >= 11 is 1.08. The number of hydrogen-bond donors (Lipinski definition) is 2. The molecule has 3 rings (SSSR count). The number of rotatable bonds is 6. The van der Waals surface area contributed by atoms with E-state index in [4.69, 9.17) is 4.42 Å². The highest BCUT2D eigenvalue weighted by atomic mass is 32.1. The van der Waals surface area contributed by atoms with E-state index in [-0.39, 0.29) is 11.4 Å². The molecule has 0 fully saturated rings. The number of furan rings is 1. The SMILES string of the molecule is CCc1ccc(NC(=O)c2ccc(NC(=O)c3ccco3)s2)cc1[N+](=O)[O-]. The maximum atomic E-state index is 12.4. The molecular weight excluding hydrogens is 370 g/mol. The van der Waals surface area contributed by atoms with Gasteiger partial charge in [0.05, 0.1) is 21.1 Å². The normalized spacial score (nSPS) is 10.4. The lowest BCUT2D eigenvalue weighted by Gasteiger charge is -2.06. The van der Waals surface area contributed by atoms with Gasteiger partial charge in [0.1, 0.15) is 0 Å². The molecule has 8 nitrogen and oxygen atoms in total. The molecule has 27 heavy (non-hydrogen) atoms. The van der Waals surface area contributed by atoms with Gasteiger partial charge in [-0.15, -0.1) is 11.3 Å². The minimum absolute atomic E-state index is 0.0344. The van der Waals surface area contributed by atoms with Crippen LogP contribution in [0.25, 0.3) is 0 Å². The second kappa shape index (κ2) is 7.83. The number of nitrogens with one attached hydrogen (secondary N) is 2. The van der Waals surface area contributed by atoms with Crippen molar-refractivity contribution in [2.24, 2.45) is 0 Å². The van der Waals surface area contributed by atoms with Crippen LogP contribution in [0, 0.1) is 10.1 Å². The number of anilines is 2. The number of thiophene rings is 1. The van der Waals surface area contributed by atoms with Gasteiger partial charge < -0.3 is 15.1 Å². The van der Waals surface area contributed by atoms with Gasteiger partial charge in [-0.1, -0.05) is 13.0 Å². The summed E-state index contributed by atoms with van der Waals surface area (Å²) in [6, 6.07) is 10.9. The van der Waals surface area contributed by atoms with E-state index in [1.165, 1.54) is 18.4 Å². The van der Waals surface area contributed by atoms with Crippen molar-refractivity contribution in [1.29, 1.82) is 0 Å². The standard InChI is InChI=1S/C18H15N3O5S/c1-2-11-5-6-12(10-13(11)21(24)25)19-18(23)15-7-8-16(27-15)20-17(22)14-4-3-9-26-14/h3-10H,2H2,1H3,(H,19,23)(H,20,22). The Kier molecular flexibility index (Phi) is 5.32. The first-order valence-electron chi connectivity index (χ1n) is 8.01. The molecule has 0 saturated heterocycles. The summed E-state index contributed by atoms with van der Waals surface area (Å²) in [5.74, 6) is -0.672. The molecule has 138 valence electrons. The summed E-state index contributed by atoms with van der Waals surface area (Å²) in [5, 5.41) is 16.9. The van der Waals surface area contributed by atoms with Crippen LogP contribution in [0.2, 0.25) is 0 Å². The second-order valence-corrected chi connectivity index (χ2v) is 6.59. The quantitative estimate of drug-likeness (QED) is 0.484. The molecule has 0 aliphatic heterocycles. The number of nitro groups is 1. The van der Waals surface area contributed by atoms with E-state index in [1.54, 1.807) is 30.3 Å². The average Bonchev–Trinajstić information content (AvgIpc) is 3.33. The first-order chi connectivity index (χ1) is 13.0. The van der Waals surface area contributed by atoms with Crippen molar-refractivity contribution in [2.45, 2.75) is 13.3 Å². The van der Waals surface area contributed by atoms with Crippen LogP contribution < -0.4 is 10.6 Å². The monoisotopic (exact) mass is 385 g/mol. The summed E-state index contributed by atoms with van der Waals surface area (Å²) in [7, 11) is 0. The molecule has 2 heterocycles. The molecule has 0 aliphatic carbocycles. The van der Waals surface area contributed by atoms with E-state index in [0.717, 1.165) is 11.3 Å². The van der Waals surface area contributed by atoms with Gasteiger partial charge in [0.25, 0.3) is 17.5 Å². The largest absolute Gasteiger partial charge is 0.459 e. The van der Waals surface area contributed by atoms with Crippen molar-refractivity contribution in [3.63, 3.8) is 0 Å². The minimum Gasteiger partial charge on any atom is -0.459 e. The molecule has 0 bridgehead atoms. The van der Waals surface area contributed by atoms with Gasteiger partial charge in [0.15, 0.2) is 5.76 Å². The molecule has 1 aromatic carbocycles. The Hall–Kier alpha value is -3.46. The number of carbonyl (C=O) groups is 2. The lowest BCUT2D eigenvalue weighted by Crippen LogP contribution is -2.11. The number of aryl methyl sites for hydroxylation is 1. The molecule has 2 aromatic heterocycles. The summed E-state index contributed by atoms with van der Waals surface area (Å²) in [6.45, 7) is 1.82. The highest BCUT2D eigenvalue weighted by molar-refractivity contribution is 7.18. The fourth-order valence-corrected chi connectivity index (χ4v) is 3.21. The third kappa shape index (κ3) is 4.21. The first kappa shape index (κ1) is 18.3. The highest BCUT2D eigenvalue weighted by Crippen LogP contribution is 2.26. The van der Waals surface area contributed by atoms with Gasteiger partial charge in [0.2, 0.25) is 0 Å². The number of nitrogens with zero attached hydrogens (tertiary/aromatic N) is 1. The Morgan fingerprint density at radius 3 is 2.63 bits per heavy atom. The molecule has 0 atom stereocenters. The summed E-state index contributed by atoms with van der Waals surface area (Å²) in [4.78, 5) is 35.3. The van der Waals surface area contributed by atoms with Crippen LogP contribution in [-0.2, 0) is 6.42 Å². The fraction of sp³-hybridized carbons (Fsp3) is 0.111. The third-order valence-corrected chi connectivity index (χ3v) is 4.73. The van der Waals surface area contributed by atoms with Gasteiger partial charge in [-0.2, -0.15) is 0 Å². The summed E-state index contributed by atoms with van der Waals surface area (Å²) in [6.07, 6.45) is 1.92. The zero-order chi connectivity index (χ0) is 19.4. The van der Waals surface area contributed by atoms with Crippen molar-refractivity contribution in [1.82, 2.24) is 0 Å². The maximum Gasteiger partial charge on any atom is 0.291 e. The Morgan fingerprint density at radius 1 is 1.15 bits per heavy atom. The molecule has 2 amide bonds. The van der Waals surface area contributed by atoms with Crippen molar-refractivity contribution in [3.05, 3.63) is 75.0 Å². The third-order valence-electron chi connectivity index (χ3n) is 3.73. The molecule has 3 aromatic rings. The average molecular weight is 385 g/mol. The number of benzene rings is 1. The zero-order valence-electron chi connectivity index (χ0n) is 14.2. The van der Waals surface area contributed by atoms with E-state index in [9.17, 15) is 19.7 Å². The van der Waals surface area contributed by atoms with Crippen molar-refractivity contribution in [2.75, 3.05) is 10.6 Å². The molecule has 0 radical (unpaired) electrons. The molecule has 0 unspecified atom stereocenters. The lowest BCUT2D eigenvalue weighted by molar-refractivity contribution is -0.385. The predicted octanol–water partition coefficient (Wildman–Crippen LogP) is 4.32. The van der Waals surface area contributed by atoms with E-state index < -0.39 is 16.7 Å². The van der Waals surface area contributed by atoms with Crippen LogP contribution in [0.15, 0.2) is 53.1 Å². The van der Waals surface area contributed by atoms with Crippen molar-refractivity contribution in [3.8, 4) is 0 Å². The zero-order valence-corrected chi connectivity index (χ0v) is 15.0. The van der Waals surface area contributed by atoms with Gasteiger partial charge in [-0.25, -0.2) is 0 Å². The van der Waals surface area contributed by atoms with Gasteiger partial charge in [-0.3, -0.25) is 19.7 Å². The van der Waals surface area contributed by atoms with Crippen LogP contribution in [0.1, 0.15) is 32.7 Å². The highest BCUT2D eigenvalue weighted by Gasteiger charge is 2.16. The molecule has 2 N–H and O–H groups in total. The molecule has 9 heteroatoms. The van der Waals surface area contributed by atoms with E-state index in [1.807, 2.05) is 6.92 Å². The summed E-state index contributed by atoms with van der Waals surface area (Å²) < 4.78 is 5.01. The number of hydrogen-bond acceptors (Lipinski definition) is 6. The van der Waals surface area contributed by atoms with Gasteiger partial charge >= 0.3 is 0 Å². The number of carbonyl (C=O) groups excluding carboxylic acids is 2. The second-order valence-electron chi connectivity index (χ2n) is 5.50. The van der Waals surface area contributed by atoms with E-state index >= 15 is 0 Å². The van der Waals surface area contributed by atoms with Crippen LogP contribution in [-0.4, -0.2) is 16.7 Å². The van der Waals surface area contributed by atoms with E-state index in [0.29, 0.717) is 27.5 Å². The smallest absolute Gasteiger partial charge is 0.291 e. The Labute approximate surface area is 158 Å². The molecule has 0 aliphatic rings. The molecule has 0 spiro atoms. The topological polar surface area (TPSA) is 114 Å². The minimum atomic E-state index is -0.470. The molecular formula is C18H15N3O5S. The Bertz CT molecular complexity index is 994. The lowest BCUT2D eigenvalue weighted by atomic mass is 10.1. The van der Waals surface area contributed by atoms with Gasteiger partial charge in [-0.05, 0) is 36.8 Å². The Balaban J connectivity index is 1.70. The first-order valence-corrected chi connectivity index (χ1v) is 8.83. The van der Waals surface area contributed by atoms with Crippen LogP contribution >= 0.6 is 11.3 Å². The Morgan fingerprint density at radius 2 is 1.96 bits per heavy atom. The predicted molar refractivity (Wildman–Crippen MR) is 101 cm³/mol. The van der Waals surface area contributed by atoms with Crippen LogP contribution in [0.5, 0.6) is 0 Å². The van der Waals surface area contributed by atoms with Crippen molar-refractivity contribution < 1.29 is 18.9 Å². The fourth-order valence-electron chi connectivity index (χ4n) is 2.41.